The van der Waals surface area contributed by atoms with Gasteiger partial charge < -0.3 is 18.9 Å². The first-order chi connectivity index (χ1) is 17.8. The van der Waals surface area contributed by atoms with Crippen LogP contribution in [-0.2, 0) is 19.1 Å². The lowest BCUT2D eigenvalue weighted by atomic mass is 10.2. The van der Waals surface area contributed by atoms with E-state index in [1.807, 2.05) is 19.9 Å². The Morgan fingerprint density at radius 3 is 2.43 bits per heavy atom. The maximum atomic E-state index is 13.1. The summed E-state index contributed by atoms with van der Waals surface area (Å²) in [5.41, 5.74) is 1.77. The Bertz CT molecular complexity index is 1230. The summed E-state index contributed by atoms with van der Waals surface area (Å²) in [7, 11) is 1.33. The Labute approximate surface area is 233 Å². The number of esters is 2. The number of halogens is 1. The van der Waals surface area contributed by atoms with Gasteiger partial charge in [0.2, 0.25) is 0 Å². The fraction of sp³-hybridized carbons (Fsp3) is 0.308. The lowest BCUT2D eigenvalue weighted by molar-refractivity contribution is -0.145. The number of carbonyl (C=O) groups excluding carboxylic acids is 3. The molecule has 0 bridgehead atoms. The van der Waals surface area contributed by atoms with E-state index in [1.54, 1.807) is 48.2 Å². The summed E-state index contributed by atoms with van der Waals surface area (Å²) in [6, 6.07) is 10.3. The van der Waals surface area contributed by atoms with Crippen LogP contribution in [0, 0.1) is 3.57 Å². The number of amides is 1. The van der Waals surface area contributed by atoms with Gasteiger partial charge in [0.1, 0.15) is 0 Å². The van der Waals surface area contributed by atoms with Gasteiger partial charge in [-0.3, -0.25) is 9.69 Å². The van der Waals surface area contributed by atoms with Crippen molar-refractivity contribution in [1.82, 2.24) is 4.90 Å². The molecule has 37 heavy (non-hydrogen) atoms. The first kappa shape index (κ1) is 28.5. The van der Waals surface area contributed by atoms with Gasteiger partial charge in [-0.25, -0.2) is 14.6 Å². The SMILES string of the molecule is CCOC(=O)COc1c(I)cc(/C=C2/SC(=Nc3ccc(C(=O)OC)cc3)N(CC)C2=O)cc1OCC. The number of rotatable bonds is 10. The zero-order valence-corrected chi connectivity index (χ0v) is 23.9. The number of likely N-dealkylation sites (N-methyl/N-ethyl adjacent to an activating group) is 1. The molecule has 2 aromatic carbocycles. The summed E-state index contributed by atoms with van der Waals surface area (Å²) in [5, 5.41) is 0.540. The van der Waals surface area contributed by atoms with Crippen molar-refractivity contribution in [1.29, 1.82) is 0 Å². The third-order valence-electron chi connectivity index (χ3n) is 4.99. The second-order valence-corrected chi connectivity index (χ2v) is 9.62. The molecule has 0 spiro atoms. The molecule has 0 N–H and O–H groups in total. The van der Waals surface area contributed by atoms with E-state index in [2.05, 4.69) is 27.6 Å². The molecular formula is C26H27IN2O7S. The third-order valence-corrected chi connectivity index (χ3v) is 6.79. The van der Waals surface area contributed by atoms with Crippen LogP contribution in [0.15, 0.2) is 46.3 Å². The molecule has 1 aliphatic rings. The maximum absolute atomic E-state index is 13.1. The van der Waals surface area contributed by atoms with E-state index in [0.29, 0.717) is 46.0 Å². The van der Waals surface area contributed by atoms with Crippen molar-refractivity contribution in [2.75, 3.05) is 33.5 Å². The highest BCUT2D eigenvalue weighted by atomic mass is 127. The van der Waals surface area contributed by atoms with Crippen molar-refractivity contribution in [2.24, 2.45) is 4.99 Å². The van der Waals surface area contributed by atoms with Gasteiger partial charge in [0, 0.05) is 6.54 Å². The lowest BCUT2D eigenvalue weighted by Gasteiger charge is -2.14. The summed E-state index contributed by atoms with van der Waals surface area (Å²) in [5.74, 6) is -0.147. The maximum Gasteiger partial charge on any atom is 0.344 e. The summed E-state index contributed by atoms with van der Waals surface area (Å²) in [4.78, 5) is 43.2. The van der Waals surface area contributed by atoms with Crippen LogP contribution in [-0.4, -0.2) is 61.4 Å². The van der Waals surface area contributed by atoms with Crippen molar-refractivity contribution >= 4 is 69.1 Å². The molecule has 0 aliphatic carbocycles. The van der Waals surface area contributed by atoms with Crippen LogP contribution in [0.5, 0.6) is 11.5 Å². The molecule has 3 rings (SSSR count). The normalized spacial score (nSPS) is 15.3. The van der Waals surface area contributed by atoms with Crippen molar-refractivity contribution in [3.05, 3.63) is 56.0 Å². The van der Waals surface area contributed by atoms with Crippen molar-refractivity contribution in [3.8, 4) is 11.5 Å². The molecule has 1 aliphatic heterocycles. The van der Waals surface area contributed by atoms with Crippen molar-refractivity contribution < 1.29 is 33.3 Å². The van der Waals surface area contributed by atoms with Gasteiger partial charge in [-0.15, -0.1) is 0 Å². The van der Waals surface area contributed by atoms with E-state index >= 15 is 0 Å². The first-order valence-electron chi connectivity index (χ1n) is 11.5. The monoisotopic (exact) mass is 638 g/mol. The standard InChI is InChI=1S/C26H27IN2O7S/c1-5-29-24(31)21(37-26(29)28-18-10-8-17(9-11-18)25(32)33-4)14-16-12-19(27)23(20(13-16)34-6-2)36-15-22(30)35-7-3/h8-14H,5-7,15H2,1-4H3/b21-14+,28-26?. The van der Waals surface area contributed by atoms with Crippen LogP contribution in [0.2, 0.25) is 0 Å². The molecular weight excluding hydrogens is 611 g/mol. The average Bonchev–Trinajstić information content (AvgIpc) is 3.17. The Kier molecular flexibility index (Phi) is 10.4. The lowest BCUT2D eigenvalue weighted by Crippen LogP contribution is -2.28. The van der Waals surface area contributed by atoms with Crippen LogP contribution in [0.1, 0.15) is 36.7 Å². The minimum atomic E-state index is -0.466. The van der Waals surface area contributed by atoms with Crippen LogP contribution >= 0.6 is 34.4 Å². The molecule has 11 heteroatoms. The van der Waals surface area contributed by atoms with Gasteiger partial charge in [-0.1, -0.05) is 0 Å². The predicted molar refractivity (Wildman–Crippen MR) is 150 cm³/mol. The number of aliphatic imine (C=N–C) groups is 1. The number of amidine groups is 1. The highest BCUT2D eigenvalue weighted by molar-refractivity contribution is 14.1. The minimum Gasteiger partial charge on any atom is -0.490 e. The summed E-state index contributed by atoms with van der Waals surface area (Å²) < 4.78 is 21.8. The quantitative estimate of drug-likeness (QED) is 0.203. The van der Waals surface area contributed by atoms with Gasteiger partial charge in [0.15, 0.2) is 23.3 Å². The average molecular weight is 638 g/mol. The van der Waals surface area contributed by atoms with Crippen molar-refractivity contribution in [2.45, 2.75) is 20.8 Å². The fourth-order valence-electron chi connectivity index (χ4n) is 3.33. The second-order valence-electron chi connectivity index (χ2n) is 7.45. The van der Waals surface area contributed by atoms with Crippen LogP contribution in [0.3, 0.4) is 0 Å². The molecule has 0 radical (unpaired) electrons. The Hall–Kier alpha value is -3.06. The van der Waals surface area contributed by atoms with E-state index in [9.17, 15) is 14.4 Å². The van der Waals surface area contributed by atoms with Gasteiger partial charge in [-0.05, 0) is 103 Å². The third kappa shape index (κ3) is 7.25. The molecule has 196 valence electrons. The molecule has 0 saturated carbocycles. The van der Waals surface area contributed by atoms with Crippen LogP contribution in [0.25, 0.3) is 6.08 Å². The van der Waals surface area contributed by atoms with Crippen LogP contribution < -0.4 is 9.47 Å². The molecule has 9 nitrogen and oxygen atoms in total. The predicted octanol–water partition coefficient (Wildman–Crippen LogP) is 5.04. The molecule has 0 aromatic heterocycles. The molecule has 1 saturated heterocycles. The largest absolute Gasteiger partial charge is 0.490 e. The summed E-state index contributed by atoms with van der Waals surface area (Å²) in [6.45, 7) is 6.35. The van der Waals surface area contributed by atoms with E-state index in [4.69, 9.17) is 18.9 Å². The number of ether oxygens (including phenoxy) is 4. The second kappa shape index (κ2) is 13.5. The van der Waals surface area contributed by atoms with Crippen molar-refractivity contribution in [3.63, 3.8) is 0 Å². The van der Waals surface area contributed by atoms with Gasteiger partial charge in [0.05, 0.1) is 40.0 Å². The topological polar surface area (TPSA) is 104 Å². The van der Waals surface area contributed by atoms with E-state index in [1.165, 1.54) is 18.9 Å². The van der Waals surface area contributed by atoms with Gasteiger partial charge in [0.25, 0.3) is 5.91 Å². The fourth-order valence-corrected chi connectivity index (χ4v) is 5.17. The molecule has 2 aromatic rings. The number of carbonyl (C=O) groups is 3. The number of hydrogen-bond donors (Lipinski definition) is 0. The van der Waals surface area contributed by atoms with Gasteiger partial charge in [-0.2, -0.15) is 0 Å². The van der Waals surface area contributed by atoms with E-state index in [-0.39, 0.29) is 19.1 Å². The Morgan fingerprint density at radius 1 is 1.08 bits per heavy atom. The van der Waals surface area contributed by atoms with Gasteiger partial charge >= 0.3 is 11.9 Å². The first-order valence-corrected chi connectivity index (χ1v) is 13.4. The highest BCUT2D eigenvalue weighted by Gasteiger charge is 2.32. The summed E-state index contributed by atoms with van der Waals surface area (Å²) >= 11 is 3.37. The number of benzene rings is 2. The zero-order chi connectivity index (χ0) is 26.9. The number of hydrogen-bond acceptors (Lipinski definition) is 9. The molecule has 0 atom stereocenters. The smallest absolute Gasteiger partial charge is 0.344 e. The number of nitrogens with zero attached hydrogens (tertiary/aromatic N) is 2. The number of thioether (sulfide) groups is 1. The van der Waals surface area contributed by atoms with Crippen LogP contribution in [0.4, 0.5) is 5.69 Å². The molecule has 1 amide bonds. The molecule has 1 heterocycles. The van der Waals surface area contributed by atoms with E-state index in [0.717, 1.165) is 9.13 Å². The Morgan fingerprint density at radius 2 is 1.81 bits per heavy atom. The number of methoxy groups -OCH3 is 1. The zero-order valence-electron chi connectivity index (χ0n) is 20.9. The highest BCUT2D eigenvalue weighted by Crippen LogP contribution is 2.38. The Balaban J connectivity index is 1.88. The molecule has 1 fully saturated rings. The van der Waals surface area contributed by atoms with E-state index < -0.39 is 11.9 Å². The minimum absolute atomic E-state index is 0.159. The summed E-state index contributed by atoms with van der Waals surface area (Å²) in [6.07, 6.45) is 1.78. The molecule has 0 unspecified atom stereocenters.